The molecule has 0 atom stereocenters. The van der Waals surface area contributed by atoms with Crippen molar-refractivity contribution in [3.63, 3.8) is 0 Å². The first-order valence-electron chi connectivity index (χ1n) is 2.82. The molecule has 1 aliphatic rings. The van der Waals surface area contributed by atoms with Crippen molar-refractivity contribution in [2.75, 3.05) is 6.61 Å². The minimum Gasteiger partial charge on any atom is -0.505 e. The van der Waals surface area contributed by atoms with Gasteiger partial charge in [-0.15, -0.1) is 0 Å². The van der Waals surface area contributed by atoms with Gasteiger partial charge >= 0.3 is 0 Å². The average molecular weight is 159 g/mol. The van der Waals surface area contributed by atoms with Gasteiger partial charge in [0.1, 0.15) is 6.61 Å². The third-order valence-corrected chi connectivity index (χ3v) is 1.19. The first-order chi connectivity index (χ1) is 5.16. The number of aliphatic hydroxyl groups excluding tert-OH is 4. The molecular formula is C6H7O5. The van der Waals surface area contributed by atoms with Crippen LogP contribution in [0.15, 0.2) is 23.0 Å². The summed E-state index contributed by atoms with van der Waals surface area (Å²) in [5.41, 5.74) is 0. The minimum absolute atomic E-state index is 0.194. The van der Waals surface area contributed by atoms with Gasteiger partial charge in [0.05, 0.1) is 0 Å². The lowest BCUT2D eigenvalue weighted by Crippen LogP contribution is -2.10. The molecule has 5 nitrogen and oxygen atoms in total. The maximum atomic E-state index is 8.91. The molecule has 0 aromatic rings. The summed E-state index contributed by atoms with van der Waals surface area (Å²) in [5.74, 6) is -2.10. The third-order valence-electron chi connectivity index (χ3n) is 1.19. The molecule has 0 fully saturated rings. The summed E-state index contributed by atoms with van der Waals surface area (Å²) < 4.78 is 4.51. The van der Waals surface area contributed by atoms with Gasteiger partial charge < -0.3 is 25.2 Å². The van der Waals surface area contributed by atoms with E-state index in [2.05, 4.69) is 4.74 Å². The van der Waals surface area contributed by atoms with E-state index in [4.69, 9.17) is 20.4 Å². The van der Waals surface area contributed by atoms with E-state index in [1.807, 2.05) is 0 Å². The molecule has 4 N–H and O–H groups in total. The van der Waals surface area contributed by atoms with Crippen molar-refractivity contribution >= 4 is 0 Å². The molecule has 0 saturated heterocycles. The maximum Gasteiger partial charge on any atom is 0.203 e. The SMILES string of the molecule is OCC1=C(O)C(O)=C(O)[CH]O1. The lowest BCUT2D eigenvalue weighted by molar-refractivity contribution is 0.146. The molecule has 0 saturated carbocycles. The van der Waals surface area contributed by atoms with Gasteiger partial charge in [0.25, 0.3) is 0 Å². The van der Waals surface area contributed by atoms with Crippen LogP contribution in [0.1, 0.15) is 0 Å². The van der Waals surface area contributed by atoms with E-state index in [9.17, 15) is 0 Å². The van der Waals surface area contributed by atoms with Crippen molar-refractivity contribution in [2.45, 2.75) is 0 Å². The van der Waals surface area contributed by atoms with Gasteiger partial charge in [0.2, 0.25) is 18.1 Å². The van der Waals surface area contributed by atoms with E-state index < -0.39 is 23.9 Å². The zero-order chi connectivity index (χ0) is 8.43. The fraction of sp³-hybridized carbons (Fsp3) is 0.167. The number of aliphatic hydroxyl groups is 4. The highest BCUT2D eigenvalue weighted by Gasteiger charge is 2.21. The first kappa shape index (κ1) is 7.74. The molecule has 61 valence electrons. The molecule has 1 radical (unpaired) electrons. The topological polar surface area (TPSA) is 90.2 Å². The van der Waals surface area contributed by atoms with Crippen molar-refractivity contribution < 1.29 is 25.2 Å². The van der Waals surface area contributed by atoms with Crippen LogP contribution in [0, 0.1) is 6.61 Å². The Labute approximate surface area is 62.5 Å². The van der Waals surface area contributed by atoms with Gasteiger partial charge in [-0.2, -0.15) is 0 Å². The highest BCUT2D eigenvalue weighted by atomic mass is 16.5. The molecule has 0 unspecified atom stereocenters. The highest BCUT2D eigenvalue weighted by molar-refractivity contribution is 5.29. The predicted octanol–water partition coefficient (Wildman–Crippen LogP) is 0.268. The quantitative estimate of drug-likeness (QED) is 0.440. The van der Waals surface area contributed by atoms with Gasteiger partial charge in [-0.3, -0.25) is 0 Å². The Morgan fingerprint density at radius 3 is 2.36 bits per heavy atom. The normalized spacial score (nSPS) is 18.6. The van der Waals surface area contributed by atoms with Crippen LogP contribution >= 0.6 is 0 Å². The fourth-order valence-corrected chi connectivity index (χ4v) is 0.604. The molecule has 1 rings (SSSR count). The Morgan fingerprint density at radius 1 is 1.18 bits per heavy atom. The number of hydrogen-bond donors (Lipinski definition) is 4. The summed E-state index contributed by atoms with van der Waals surface area (Å²) in [6, 6.07) is 0. The van der Waals surface area contributed by atoms with Gasteiger partial charge in [0.15, 0.2) is 11.5 Å². The molecule has 0 spiro atoms. The molecule has 11 heavy (non-hydrogen) atoms. The van der Waals surface area contributed by atoms with Gasteiger partial charge in [-0.25, -0.2) is 0 Å². The zero-order valence-electron chi connectivity index (χ0n) is 5.48. The second kappa shape index (κ2) is 2.71. The summed E-state index contributed by atoms with van der Waals surface area (Å²) in [4.78, 5) is 0. The van der Waals surface area contributed by atoms with E-state index in [0.717, 1.165) is 6.61 Å². The summed E-state index contributed by atoms with van der Waals surface area (Å²) in [6.45, 7) is 0.278. The lowest BCUT2D eigenvalue weighted by atomic mass is 10.2. The van der Waals surface area contributed by atoms with Crippen LogP contribution < -0.4 is 0 Å². The van der Waals surface area contributed by atoms with Crippen molar-refractivity contribution in [2.24, 2.45) is 0 Å². The van der Waals surface area contributed by atoms with Crippen LogP contribution in [0.25, 0.3) is 0 Å². The second-order valence-corrected chi connectivity index (χ2v) is 1.90. The zero-order valence-corrected chi connectivity index (χ0v) is 5.48. The molecule has 0 aromatic carbocycles. The van der Waals surface area contributed by atoms with E-state index in [-0.39, 0.29) is 5.76 Å². The van der Waals surface area contributed by atoms with E-state index in [1.165, 1.54) is 0 Å². The van der Waals surface area contributed by atoms with Crippen molar-refractivity contribution in [1.82, 2.24) is 0 Å². The third kappa shape index (κ3) is 1.22. The largest absolute Gasteiger partial charge is 0.505 e. The molecule has 5 heteroatoms. The predicted molar refractivity (Wildman–Crippen MR) is 34.4 cm³/mol. The van der Waals surface area contributed by atoms with Crippen LogP contribution in [0.3, 0.4) is 0 Å². The monoisotopic (exact) mass is 159 g/mol. The van der Waals surface area contributed by atoms with Crippen molar-refractivity contribution in [3.8, 4) is 0 Å². The Balaban J connectivity index is 2.98. The van der Waals surface area contributed by atoms with E-state index >= 15 is 0 Å². The highest BCUT2D eigenvalue weighted by Crippen LogP contribution is 2.21. The molecule has 1 heterocycles. The second-order valence-electron chi connectivity index (χ2n) is 1.90. The van der Waals surface area contributed by atoms with Crippen LogP contribution in [0.4, 0.5) is 0 Å². The lowest BCUT2D eigenvalue weighted by Gasteiger charge is -2.14. The molecule has 0 aliphatic carbocycles. The molecule has 0 bridgehead atoms. The maximum absolute atomic E-state index is 8.91. The number of rotatable bonds is 1. The first-order valence-corrected chi connectivity index (χ1v) is 2.82. The molecular weight excluding hydrogens is 152 g/mol. The van der Waals surface area contributed by atoms with Crippen LogP contribution in [0.2, 0.25) is 0 Å². The summed E-state index contributed by atoms with van der Waals surface area (Å²) in [7, 11) is 0. The number of hydrogen-bond acceptors (Lipinski definition) is 5. The van der Waals surface area contributed by atoms with Crippen molar-refractivity contribution in [3.05, 3.63) is 29.6 Å². The summed E-state index contributed by atoms with van der Waals surface area (Å²) >= 11 is 0. The Hall–Kier alpha value is -1.36. The van der Waals surface area contributed by atoms with Gasteiger partial charge in [-0.1, -0.05) is 0 Å². The van der Waals surface area contributed by atoms with Gasteiger partial charge in [-0.05, 0) is 0 Å². The Kier molecular flexibility index (Phi) is 1.91. The van der Waals surface area contributed by atoms with Crippen LogP contribution in [-0.4, -0.2) is 27.0 Å². The average Bonchev–Trinajstić information content (AvgIpc) is 2.01. The van der Waals surface area contributed by atoms with E-state index in [0.29, 0.717) is 0 Å². The smallest absolute Gasteiger partial charge is 0.203 e. The fourth-order valence-electron chi connectivity index (χ4n) is 0.604. The van der Waals surface area contributed by atoms with Gasteiger partial charge in [0, 0.05) is 0 Å². The molecule has 0 aromatic heterocycles. The summed E-state index contributed by atoms with van der Waals surface area (Å²) in [6.07, 6.45) is 0. The summed E-state index contributed by atoms with van der Waals surface area (Å²) in [5, 5.41) is 35.0. The standard InChI is InChI=1S/C6H7O5/c7-1-4-6(10)5(9)3(8)2-11-4/h2,7-10H,1H2. The van der Waals surface area contributed by atoms with Crippen molar-refractivity contribution in [1.29, 1.82) is 0 Å². The minimum atomic E-state index is -0.694. The van der Waals surface area contributed by atoms with Crippen LogP contribution in [0.5, 0.6) is 0 Å². The van der Waals surface area contributed by atoms with Crippen LogP contribution in [-0.2, 0) is 4.74 Å². The number of ether oxygens (including phenoxy) is 1. The molecule has 0 amide bonds. The van der Waals surface area contributed by atoms with E-state index in [1.54, 1.807) is 0 Å². The Bertz CT molecular complexity index is 227. The Morgan fingerprint density at radius 2 is 1.82 bits per heavy atom. The molecule has 1 aliphatic heterocycles.